The van der Waals surface area contributed by atoms with E-state index in [4.69, 9.17) is 4.74 Å². The number of hydrogen-bond donors (Lipinski definition) is 1. The van der Waals surface area contributed by atoms with Crippen LogP contribution in [0.5, 0.6) is 5.75 Å². The monoisotopic (exact) mass is 368 g/mol. The summed E-state index contributed by atoms with van der Waals surface area (Å²) in [6, 6.07) is 15.2. The van der Waals surface area contributed by atoms with Gasteiger partial charge in [0, 0.05) is 20.0 Å². The highest BCUT2D eigenvalue weighted by Crippen LogP contribution is 2.17. The van der Waals surface area contributed by atoms with E-state index in [1.54, 1.807) is 26.0 Å². The van der Waals surface area contributed by atoms with Crippen LogP contribution in [0, 0.1) is 6.92 Å². The van der Waals surface area contributed by atoms with E-state index in [0.717, 1.165) is 16.9 Å². The van der Waals surface area contributed by atoms with Crippen molar-refractivity contribution >= 4 is 11.8 Å². The maximum Gasteiger partial charge on any atom is 0.242 e. The van der Waals surface area contributed by atoms with Gasteiger partial charge in [0.1, 0.15) is 11.8 Å². The third-order valence-electron chi connectivity index (χ3n) is 4.65. The van der Waals surface area contributed by atoms with Crippen molar-refractivity contribution < 1.29 is 14.3 Å². The van der Waals surface area contributed by atoms with Crippen molar-refractivity contribution in [2.75, 3.05) is 14.2 Å². The SMILES string of the molecule is CNC(=O)C(C)N(Cc1cccc(OC)c1)C(=O)CCc1ccc(C)cc1. The molecule has 0 heterocycles. The fourth-order valence-electron chi connectivity index (χ4n) is 2.91. The van der Waals surface area contributed by atoms with Gasteiger partial charge >= 0.3 is 0 Å². The molecular formula is C22H28N2O3. The summed E-state index contributed by atoms with van der Waals surface area (Å²) < 4.78 is 5.26. The van der Waals surface area contributed by atoms with Crippen LogP contribution in [-0.4, -0.2) is 36.9 Å². The molecule has 144 valence electrons. The average molecular weight is 368 g/mol. The summed E-state index contributed by atoms with van der Waals surface area (Å²) >= 11 is 0. The zero-order chi connectivity index (χ0) is 19.8. The first kappa shape index (κ1) is 20.5. The molecule has 0 saturated carbocycles. The first-order valence-electron chi connectivity index (χ1n) is 9.14. The van der Waals surface area contributed by atoms with Crippen LogP contribution in [0.2, 0.25) is 0 Å². The lowest BCUT2D eigenvalue weighted by Gasteiger charge is -2.28. The molecule has 2 amide bonds. The number of carbonyl (C=O) groups is 2. The van der Waals surface area contributed by atoms with Crippen LogP contribution in [0.4, 0.5) is 0 Å². The molecule has 0 aromatic heterocycles. The Morgan fingerprint density at radius 2 is 1.81 bits per heavy atom. The number of ether oxygens (including phenoxy) is 1. The van der Waals surface area contributed by atoms with Crippen LogP contribution in [0.3, 0.4) is 0 Å². The van der Waals surface area contributed by atoms with E-state index >= 15 is 0 Å². The van der Waals surface area contributed by atoms with Crippen LogP contribution >= 0.6 is 0 Å². The molecule has 0 radical (unpaired) electrons. The molecule has 27 heavy (non-hydrogen) atoms. The Bertz CT molecular complexity index is 771. The predicted molar refractivity (Wildman–Crippen MR) is 107 cm³/mol. The Labute approximate surface area is 161 Å². The molecular weight excluding hydrogens is 340 g/mol. The van der Waals surface area contributed by atoms with Crippen LogP contribution < -0.4 is 10.1 Å². The standard InChI is InChI=1S/C22H28N2O3/c1-16-8-10-18(11-9-16)12-13-21(25)24(17(2)22(26)23-3)15-19-6-5-7-20(14-19)27-4/h5-11,14,17H,12-13,15H2,1-4H3,(H,23,26). The summed E-state index contributed by atoms with van der Waals surface area (Å²) in [4.78, 5) is 26.7. The summed E-state index contributed by atoms with van der Waals surface area (Å²) in [5, 5.41) is 2.63. The van der Waals surface area contributed by atoms with Crippen molar-refractivity contribution in [3.05, 3.63) is 65.2 Å². The quantitative estimate of drug-likeness (QED) is 0.779. The second kappa shape index (κ2) is 9.76. The Morgan fingerprint density at radius 1 is 1.11 bits per heavy atom. The van der Waals surface area contributed by atoms with Crippen LogP contribution in [0.15, 0.2) is 48.5 Å². The largest absolute Gasteiger partial charge is 0.497 e. The minimum Gasteiger partial charge on any atom is -0.497 e. The van der Waals surface area contributed by atoms with Crippen molar-refractivity contribution in [3.63, 3.8) is 0 Å². The van der Waals surface area contributed by atoms with E-state index < -0.39 is 6.04 Å². The summed E-state index contributed by atoms with van der Waals surface area (Å²) in [5.74, 6) is 0.503. The molecule has 2 rings (SSSR count). The van der Waals surface area contributed by atoms with Gasteiger partial charge in [-0.1, -0.05) is 42.0 Å². The first-order chi connectivity index (χ1) is 12.9. The van der Waals surface area contributed by atoms with Crippen molar-refractivity contribution in [2.24, 2.45) is 0 Å². The smallest absolute Gasteiger partial charge is 0.242 e. The molecule has 0 spiro atoms. The third-order valence-corrected chi connectivity index (χ3v) is 4.65. The van der Waals surface area contributed by atoms with Gasteiger partial charge in [-0.3, -0.25) is 9.59 Å². The summed E-state index contributed by atoms with van der Waals surface area (Å²) in [6.07, 6.45) is 1.00. The van der Waals surface area contributed by atoms with Gasteiger partial charge in [-0.05, 0) is 43.5 Å². The number of hydrogen-bond acceptors (Lipinski definition) is 3. The van der Waals surface area contributed by atoms with Gasteiger partial charge in [-0.25, -0.2) is 0 Å². The Morgan fingerprint density at radius 3 is 2.44 bits per heavy atom. The highest BCUT2D eigenvalue weighted by atomic mass is 16.5. The highest BCUT2D eigenvalue weighted by Gasteiger charge is 2.25. The molecule has 1 atom stereocenters. The van der Waals surface area contributed by atoms with Gasteiger partial charge in [0.2, 0.25) is 11.8 Å². The lowest BCUT2D eigenvalue weighted by atomic mass is 10.1. The number of nitrogens with zero attached hydrogens (tertiary/aromatic N) is 1. The van der Waals surface area contributed by atoms with E-state index in [2.05, 4.69) is 5.32 Å². The van der Waals surface area contributed by atoms with E-state index in [0.29, 0.717) is 19.4 Å². The number of nitrogens with one attached hydrogen (secondary N) is 1. The molecule has 0 aliphatic rings. The summed E-state index contributed by atoms with van der Waals surface area (Å²) in [5.41, 5.74) is 3.23. The molecule has 1 N–H and O–H groups in total. The van der Waals surface area contributed by atoms with Crippen molar-refractivity contribution in [3.8, 4) is 5.75 Å². The molecule has 5 heteroatoms. The van der Waals surface area contributed by atoms with E-state index in [-0.39, 0.29) is 11.8 Å². The summed E-state index contributed by atoms with van der Waals surface area (Å²) in [6.45, 7) is 4.15. The van der Waals surface area contributed by atoms with E-state index in [1.165, 1.54) is 5.56 Å². The molecule has 0 aliphatic carbocycles. The van der Waals surface area contributed by atoms with Crippen molar-refractivity contribution in [1.82, 2.24) is 10.2 Å². The lowest BCUT2D eigenvalue weighted by molar-refractivity contribution is -0.140. The number of carbonyl (C=O) groups excluding carboxylic acids is 2. The number of benzene rings is 2. The number of likely N-dealkylation sites (N-methyl/N-ethyl adjacent to an activating group) is 1. The minimum absolute atomic E-state index is 0.0468. The average Bonchev–Trinajstić information content (AvgIpc) is 2.70. The Hall–Kier alpha value is -2.82. The van der Waals surface area contributed by atoms with Crippen LogP contribution in [0.25, 0.3) is 0 Å². The summed E-state index contributed by atoms with van der Waals surface area (Å²) in [7, 11) is 3.19. The number of rotatable bonds is 8. The van der Waals surface area contributed by atoms with Gasteiger partial charge in [-0.15, -0.1) is 0 Å². The Kier molecular flexibility index (Phi) is 7.41. The highest BCUT2D eigenvalue weighted by molar-refractivity contribution is 5.87. The second-order valence-corrected chi connectivity index (χ2v) is 6.65. The van der Waals surface area contributed by atoms with Gasteiger partial charge in [0.25, 0.3) is 0 Å². The molecule has 0 bridgehead atoms. The predicted octanol–water partition coefficient (Wildman–Crippen LogP) is 3.10. The molecule has 2 aromatic rings. The minimum atomic E-state index is -0.549. The van der Waals surface area contributed by atoms with Crippen LogP contribution in [-0.2, 0) is 22.6 Å². The fraction of sp³-hybridized carbons (Fsp3) is 0.364. The van der Waals surface area contributed by atoms with E-state index in [1.807, 2.05) is 55.5 Å². The zero-order valence-corrected chi connectivity index (χ0v) is 16.5. The lowest BCUT2D eigenvalue weighted by Crippen LogP contribution is -2.46. The maximum absolute atomic E-state index is 12.9. The molecule has 0 aliphatic heterocycles. The zero-order valence-electron chi connectivity index (χ0n) is 16.5. The second-order valence-electron chi connectivity index (χ2n) is 6.65. The molecule has 2 aromatic carbocycles. The maximum atomic E-state index is 12.9. The number of aryl methyl sites for hydroxylation is 2. The van der Waals surface area contributed by atoms with Crippen molar-refractivity contribution in [1.29, 1.82) is 0 Å². The van der Waals surface area contributed by atoms with Gasteiger partial charge in [-0.2, -0.15) is 0 Å². The third kappa shape index (κ3) is 5.84. The molecule has 1 unspecified atom stereocenters. The topological polar surface area (TPSA) is 58.6 Å². The van der Waals surface area contributed by atoms with Gasteiger partial charge < -0.3 is 15.0 Å². The molecule has 0 fully saturated rings. The van der Waals surface area contributed by atoms with Crippen LogP contribution in [0.1, 0.15) is 30.0 Å². The Balaban J connectivity index is 2.13. The van der Waals surface area contributed by atoms with E-state index in [9.17, 15) is 9.59 Å². The van der Waals surface area contributed by atoms with Crippen molar-refractivity contribution in [2.45, 2.75) is 39.3 Å². The molecule has 5 nitrogen and oxygen atoms in total. The molecule has 0 saturated heterocycles. The first-order valence-corrected chi connectivity index (χ1v) is 9.14. The van der Waals surface area contributed by atoms with Gasteiger partial charge in [0.05, 0.1) is 7.11 Å². The van der Waals surface area contributed by atoms with Gasteiger partial charge in [0.15, 0.2) is 0 Å². The normalized spacial score (nSPS) is 11.6. The number of amides is 2. The fourth-order valence-corrected chi connectivity index (χ4v) is 2.91. The number of methoxy groups -OCH3 is 1.